The fourth-order valence-electron chi connectivity index (χ4n) is 2.64. The average Bonchev–Trinajstić information content (AvgIpc) is 2.94. The van der Waals surface area contributed by atoms with Crippen LogP contribution in [0.15, 0.2) is 18.2 Å². The van der Waals surface area contributed by atoms with Gasteiger partial charge in [-0.2, -0.15) is 4.98 Å². The van der Waals surface area contributed by atoms with Crippen molar-refractivity contribution in [3.05, 3.63) is 28.2 Å². The van der Waals surface area contributed by atoms with E-state index in [0.29, 0.717) is 21.8 Å². The molecule has 112 valence electrons. The van der Waals surface area contributed by atoms with Crippen LogP contribution in [0.2, 0.25) is 10.0 Å². The van der Waals surface area contributed by atoms with Gasteiger partial charge in [0.25, 0.3) is 0 Å². The summed E-state index contributed by atoms with van der Waals surface area (Å²) in [5, 5.41) is 8.22. The third-order valence-corrected chi connectivity index (χ3v) is 4.80. The van der Waals surface area contributed by atoms with Gasteiger partial charge in [-0.1, -0.05) is 29.3 Å². The van der Waals surface area contributed by atoms with Crippen LogP contribution in [0.3, 0.4) is 0 Å². The number of halogens is 2. The summed E-state index contributed by atoms with van der Waals surface area (Å²) >= 11 is 12.3. The maximum atomic E-state index is 6.22. The van der Waals surface area contributed by atoms with Crippen LogP contribution >= 0.6 is 23.2 Å². The molecule has 1 aliphatic rings. The molecular formula is C14H17Cl2N5. The zero-order chi connectivity index (χ0) is 15.0. The molecule has 0 spiro atoms. The number of rotatable bonds is 2. The molecule has 2 aromatic rings. The molecule has 0 amide bonds. The van der Waals surface area contributed by atoms with Crippen molar-refractivity contribution in [3.8, 4) is 11.4 Å². The van der Waals surface area contributed by atoms with Crippen molar-refractivity contribution in [2.75, 3.05) is 11.4 Å². The zero-order valence-corrected chi connectivity index (χ0v) is 13.2. The second kappa shape index (κ2) is 5.83. The molecule has 0 radical (unpaired) electrons. The van der Waals surface area contributed by atoms with Crippen LogP contribution in [0, 0.1) is 0 Å². The molecule has 1 saturated heterocycles. The summed E-state index contributed by atoms with van der Waals surface area (Å²) in [6.45, 7) is 3.02. The van der Waals surface area contributed by atoms with Crippen molar-refractivity contribution in [1.82, 2.24) is 15.2 Å². The Bertz CT molecular complexity index is 642. The van der Waals surface area contributed by atoms with Gasteiger partial charge in [0.05, 0.1) is 10.0 Å². The Morgan fingerprint density at radius 3 is 3.00 bits per heavy atom. The Kier molecular flexibility index (Phi) is 4.06. The molecular weight excluding hydrogens is 309 g/mol. The second-order valence-electron chi connectivity index (χ2n) is 5.33. The molecule has 1 aromatic heterocycles. The van der Waals surface area contributed by atoms with E-state index >= 15 is 0 Å². The van der Waals surface area contributed by atoms with Gasteiger partial charge in [0.2, 0.25) is 5.95 Å². The first kappa shape index (κ1) is 14.6. The number of nitrogens with two attached hydrogens (primary N) is 1. The van der Waals surface area contributed by atoms with Crippen molar-refractivity contribution in [2.24, 2.45) is 5.73 Å². The minimum atomic E-state index is 0.149. The molecule has 0 aliphatic carbocycles. The van der Waals surface area contributed by atoms with Gasteiger partial charge < -0.3 is 10.6 Å². The number of aromatic nitrogens is 3. The van der Waals surface area contributed by atoms with Gasteiger partial charge in [-0.15, -0.1) is 5.10 Å². The van der Waals surface area contributed by atoms with Gasteiger partial charge in [-0.3, -0.25) is 5.10 Å². The largest absolute Gasteiger partial charge is 0.335 e. The number of benzene rings is 1. The fourth-order valence-corrected chi connectivity index (χ4v) is 3.03. The molecule has 1 aromatic carbocycles. The Hall–Kier alpha value is -1.30. The summed E-state index contributed by atoms with van der Waals surface area (Å²) in [7, 11) is 0. The van der Waals surface area contributed by atoms with E-state index in [2.05, 4.69) is 27.0 Å². The fraction of sp³-hybridized carbons (Fsp3) is 0.429. The number of hydrogen-bond acceptors (Lipinski definition) is 4. The predicted molar refractivity (Wildman–Crippen MR) is 85.9 cm³/mol. The van der Waals surface area contributed by atoms with Crippen molar-refractivity contribution >= 4 is 29.2 Å². The van der Waals surface area contributed by atoms with Crippen LogP contribution in [0.1, 0.15) is 19.8 Å². The van der Waals surface area contributed by atoms with Crippen molar-refractivity contribution in [1.29, 1.82) is 0 Å². The predicted octanol–water partition coefficient (Wildman–Crippen LogP) is 3.09. The Balaban J connectivity index is 1.91. The first-order valence-electron chi connectivity index (χ1n) is 6.97. The molecule has 1 aliphatic heterocycles. The number of piperidine rings is 1. The molecule has 3 rings (SSSR count). The lowest BCUT2D eigenvalue weighted by Gasteiger charge is -2.36. The number of nitrogens with zero attached hydrogens (tertiary/aromatic N) is 3. The second-order valence-corrected chi connectivity index (χ2v) is 6.11. The van der Waals surface area contributed by atoms with Crippen molar-refractivity contribution in [2.45, 2.75) is 31.8 Å². The molecule has 5 nitrogen and oxygen atoms in total. The number of nitrogens with one attached hydrogen (secondary N) is 1. The first-order valence-corrected chi connectivity index (χ1v) is 7.72. The lowest BCUT2D eigenvalue weighted by molar-refractivity contribution is 0.416. The number of hydrogen-bond donors (Lipinski definition) is 2. The molecule has 2 heterocycles. The topological polar surface area (TPSA) is 70.8 Å². The highest BCUT2D eigenvalue weighted by atomic mass is 35.5. The van der Waals surface area contributed by atoms with Crippen LogP contribution in [-0.4, -0.2) is 33.8 Å². The molecule has 1 fully saturated rings. The van der Waals surface area contributed by atoms with Gasteiger partial charge in [-0.05, 0) is 31.9 Å². The lowest BCUT2D eigenvalue weighted by Crippen LogP contribution is -2.50. The molecule has 3 N–H and O–H groups in total. The van der Waals surface area contributed by atoms with Crippen LogP contribution in [-0.2, 0) is 0 Å². The molecule has 7 heteroatoms. The monoisotopic (exact) mass is 325 g/mol. The van der Waals surface area contributed by atoms with Crippen molar-refractivity contribution in [3.63, 3.8) is 0 Å². The number of H-pyrrole nitrogens is 1. The lowest BCUT2D eigenvalue weighted by atomic mass is 9.99. The van der Waals surface area contributed by atoms with E-state index in [4.69, 9.17) is 28.9 Å². The molecule has 2 atom stereocenters. The summed E-state index contributed by atoms with van der Waals surface area (Å²) in [5.74, 6) is 1.27. The minimum Gasteiger partial charge on any atom is -0.335 e. The summed E-state index contributed by atoms with van der Waals surface area (Å²) in [6, 6.07) is 5.82. The van der Waals surface area contributed by atoms with E-state index < -0.39 is 0 Å². The van der Waals surface area contributed by atoms with Gasteiger partial charge in [0.15, 0.2) is 5.82 Å². The van der Waals surface area contributed by atoms with E-state index in [1.54, 1.807) is 6.07 Å². The van der Waals surface area contributed by atoms with Gasteiger partial charge in [-0.25, -0.2) is 0 Å². The first-order chi connectivity index (χ1) is 10.1. The smallest absolute Gasteiger partial charge is 0.245 e. The van der Waals surface area contributed by atoms with Crippen LogP contribution in [0.25, 0.3) is 11.4 Å². The summed E-state index contributed by atoms with van der Waals surface area (Å²) < 4.78 is 0. The molecule has 2 unspecified atom stereocenters. The standard InChI is InChI=1S/C14H17Cl2N5/c1-8-11(17)6-3-7-21(8)14-18-13(19-20-14)9-4-2-5-10(15)12(9)16/h2,4-5,8,11H,3,6-7,17H2,1H3,(H,18,19,20). The third-order valence-electron chi connectivity index (χ3n) is 3.98. The summed E-state index contributed by atoms with van der Waals surface area (Å²) in [6.07, 6.45) is 2.09. The van der Waals surface area contributed by atoms with Gasteiger partial charge >= 0.3 is 0 Å². The Morgan fingerprint density at radius 2 is 2.19 bits per heavy atom. The maximum Gasteiger partial charge on any atom is 0.245 e. The Labute approximate surface area is 133 Å². The summed E-state index contributed by atoms with van der Waals surface area (Å²) in [5.41, 5.74) is 6.87. The number of anilines is 1. The van der Waals surface area contributed by atoms with E-state index in [9.17, 15) is 0 Å². The summed E-state index contributed by atoms with van der Waals surface area (Å²) in [4.78, 5) is 6.68. The minimum absolute atomic E-state index is 0.149. The quantitative estimate of drug-likeness (QED) is 0.890. The van der Waals surface area contributed by atoms with E-state index in [-0.39, 0.29) is 12.1 Å². The van der Waals surface area contributed by atoms with Crippen LogP contribution < -0.4 is 10.6 Å². The van der Waals surface area contributed by atoms with Crippen molar-refractivity contribution < 1.29 is 0 Å². The molecule has 0 saturated carbocycles. The van der Waals surface area contributed by atoms with E-state index in [1.807, 2.05) is 12.1 Å². The van der Waals surface area contributed by atoms with Crippen LogP contribution in [0.4, 0.5) is 5.95 Å². The average molecular weight is 326 g/mol. The third kappa shape index (κ3) is 2.73. The van der Waals surface area contributed by atoms with E-state index in [0.717, 1.165) is 24.9 Å². The van der Waals surface area contributed by atoms with E-state index in [1.165, 1.54) is 0 Å². The normalized spacial score (nSPS) is 22.6. The Morgan fingerprint density at radius 1 is 1.38 bits per heavy atom. The number of aromatic amines is 1. The zero-order valence-electron chi connectivity index (χ0n) is 11.7. The molecule has 21 heavy (non-hydrogen) atoms. The molecule has 0 bridgehead atoms. The van der Waals surface area contributed by atoms with Crippen LogP contribution in [0.5, 0.6) is 0 Å². The highest BCUT2D eigenvalue weighted by Gasteiger charge is 2.28. The SMILES string of the molecule is CC1C(N)CCCN1c1n[nH]c(-c2cccc(Cl)c2Cl)n1. The van der Waals surface area contributed by atoms with Gasteiger partial charge in [0.1, 0.15) is 0 Å². The highest BCUT2D eigenvalue weighted by molar-refractivity contribution is 6.43. The highest BCUT2D eigenvalue weighted by Crippen LogP contribution is 2.32. The van der Waals surface area contributed by atoms with Gasteiger partial charge in [0, 0.05) is 24.2 Å². The maximum absolute atomic E-state index is 6.22.